The van der Waals surface area contributed by atoms with Crippen molar-refractivity contribution in [3.05, 3.63) is 130 Å². The monoisotopic (exact) mass is 602 g/mol. The number of benzene rings is 4. The van der Waals surface area contributed by atoms with Crippen LogP contribution in [0.1, 0.15) is 104 Å². The van der Waals surface area contributed by atoms with Crippen LogP contribution < -0.4 is 4.90 Å². The summed E-state index contributed by atoms with van der Waals surface area (Å²) in [5, 5.41) is 9.78. The molecule has 1 fully saturated rings. The molecule has 4 aromatic rings. The lowest BCUT2D eigenvalue weighted by Crippen LogP contribution is -2.51. The smallest absolute Gasteiger partial charge is 0.256 e. The van der Waals surface area contributed by atoms with Gasteiger partial charge in [-0.2, -0.15) is 10.2 Å². The quantitative estimate of drug-likeness (QED) is 0.188. The van der Waals surface area contributed by atoms with E-state index in [1.165, 1.54) is 17.7 Å². The molecule has 0 unspecified atom stereocenters. The molecular weight excluding hydrogens is 559 g/mol. The van der Waals surface area contributed by atoms with Gasteiger partial charge in [0.05, 0.1) is 5.69 Å². The van der Waals surface area contributed by atoms with Crippen LogP contribution >= 0.6 is 0 Å². The number of hydrogen-bond acceptors (Lipinski definition) is 4. The van der Waals surface area contributed by atoms with Gasteiger partial charge in [-0.3, -0.25) is 4.79 Å². The molecule has 232 valence electrons. The van der Waals surface area contributed by atoms with Gasteiger partial charge in [0.1, 0.15) is 17.5 Å². The molecule has 0 aliphatic carbocycles. The van der Waals surface area contributed by atoms with E-state index < -0.39 is 5.54 Å². The minimum absolute atomic E-state index is 0.0485. The zero-order chi connectivity index (χ0) is 31.9. The molecule has 1 amide bonds. The lowest BCUT2D eigenvalue weighted by Gasteiger charge is -2.37. The molecule has 5 nitrogen and oxygen atoms in total. The fourth-order valence-electron chi connectivity index (χ4n) is 7.04. The minimum atomic E-state index is -0.775. The third-order valence-corrected chi connectivity index (χ3v) is 9.40. The van der Waals surface area contributed by atoms with Gasteiger partial charge in [-0.25, -0.2) is 4.39 Å². The fraction of sp³-hybridized carbons (Fsp3) is 0.359. The Morgan fingerprint density at radius 3 is 2.09 bits per heavy atom. The average molecular weight is 603 g/mol. The van der Waals surface area contributed by atoms with Gasteiger partial charge >= 0.3 is 0 Å². The van der Waals surface area contributed by atoms with Crippen LogP contribution in [-0.2, 0) is 12.1 Å². The van der Waals surface area contributed by atoms with Crippen molar-refractivity contribution in [1.29, 1.82) is 0 Å². The van der Waals surface area contributed by atoms with Gasteiger partial charge in [0.2, 0.25) is 0 Å². The average Bonchev–Trinajstić information content (AvgIpc) is 3.54. The van der Waals surface area contributed by atoms with Crippen LogP contribution in [0.3, 0.4) is 0 Å². The number of nitrogens with zero attached hydrogens (tertiary/aromatic N) is 4. The van der Waals surface area contributed by atoms with E-state index in [1.807, 2.05) is 18.2 Å². The molecule has 6 rings (SSSR count). The van der Waals surface area contributed by atoms with Crippen molar-refractivity contribution >= 4 is 17.3 Å². The first-order valence-corrected chi connectivity index (χ1v) is 16.2. The summed E-state index contributed by atoms with van der Waals surface area (Å²) in [4.78, 5) is 19.5. The van der Waals surface area contributed by atoms with Crippen LogP contribution in [0.25, 0.3) is 0 Å². The molecule has 45 heavy (non-hydrogen) atoms. The number of para-hydroxylation sites is 1. The first-order chi connectivity index (χ1) is 21.6. The molecule has 0 aromatic heterocycles. The number of likely N-dealkylation sites (tertiary alicyclic amines) is 1. The summed E-state index contributed by atoms with van der Waals surface area (Å²) in [6.45, 7) is 14.3. The number of amides is 1. The Hall–Kier alpha value is -4.32. The maximum atomic E-state index is 15.1. The van der Waals surface area contributed by atoms with Crippen molar-refractivity contribution in [2.75, 3.05) is 11.4 Å². The third kappa shape index (κ3) is 5.56. The van der Waals surface area contributed by atoms with E-state index in [4.69, 9.17) is 5.11 Å². The normalized spacial score (nSPS) is 19.3. The van der Waals surface area contributed by atoms with Gasteiger partial charge in [-0.1, -0.05) is 102 Å². The zero-order valence-corrected chi connectivity index (χ0v) is 27.2. The van der Waals surface area contributed by atoms with Crippen molar-refractivity contribution in [3.8, 4) is 0 Å². The highest BCUT2D eigenvalue weighted by atomic mass is 19.1. The van der Waals surface area contributed by atoms with Crippen molar-refractivity contribution in [2.24, 2.45) is 10.2 Å². The molecular formula is C39H43FN4O. The molecule has 0 saturated carbocycles. The zero-order valence-electron chi connectivity index (χ0n) is 27.2. The van der Waals surface area contributed by atoms with Crippen LogP contribution in [-0.4, -0.2) is 23.5 Å². The fourth-order valence-corrected chi connectivity index (χ4v) is 7.04. The van der Waals surface area contributed by atoms with E-state index in [1.54, 1.807) is 12.1 Å². The number of carbonyl (C=O) groups is 1. The summed E-state index contributed by atoms with van der Waals surface area (Å²) in [7, 11) is 0. The van der Waals surface area contributed by atoms with Gasteiger partial charge < -0.3 is 9.80 Å². The summed E-state index contributed by atoms with van der Waals surface area (Å²) in [5.41, 5.74) is 7.39. The van der Waals surface area contributed by atoms with Crippen molar-refractivity contribution in [1.82, 2.24) is 4.90 Å². The van der Waals surface area contributed by atoms with Gasteiger partial charge in [-0.05, 0) is 70.3 Å². The van der Waals surface area contributed by atoms with E-state index in [9.17, 15) is 4.39 Å². The Morgan fingerprint density at radius 2 is 1.47 bits per heavy atom. The maximum absolute atomic E-state index is 15.1. The topological polar surface area (TPSA) is 48.3 Å². The summed E-state index contributed by atoms with van der Waals surface area (Å²) < 4.78 is 13.7. The first-order valence-electron chi connectivity index (χ1n) is 16.2. The van der Waals surface area contributed by atoms with Gasteiger partial charge in [0.15, 0.2) is 0 Å². The van der Waals surface area contributed by atoms with Crippen LogP contribution in [0.15, 0.2) is 101 Å². The lowest BCUT2D eigenvalue weighted by atomic mass is 9.84. The van der Waals surface area contributed by atoms with Crippen molar-refractivity contribution < 1.29 is 9.18 Å². The molecule has 0 bridgehead atoms. The van der Waals surface area contributed by atoms with Crippen LogP contribution in [0.5, 0.6) is 0 Å². The molecule has 0 N–H and O–H groups in total. The molecule has 2 aliphatic rings. The molecule has 2 aliphatic heterocycles. The third-order valence-electron chi connectivity index (χ3n) is 9.40. The molecule has 1 saturated heterocycles. The largest absolute Gasteiger partial charge is 0.344 e. The molecule has 2 heterocycles. The summed E-state index contributed by atoms with van der Waals surface area (Å²) in [6.07, 6.45) is 0.255. The van der Waals surface area contributed by atoms with Gasteiger partial charge in [-0.15, -0.1) is 0 Å². The Morgan fingerprint density at radius 1 is 0.844 bits per heavy atom. The molecule has 0 radical (unpaired) electrons. The molecule has 6 heteroatoms. The Balaban J connectivity index is 1.52. The minimum Gasteiger partial charge on any atom is -0.344 e. The number of halogens is 1. The van der Waals surface area contributed by atoms with Gasteiger partial charge in [0.25, 0.3) is 5.91 Å². The summed E-state index contributed by atoms with van der Waals surface area (Å²) in [6, 6.07) is 29.3. The van der Waals surface area contributed by atoms with E-state index in [-0.39, 0.29) is 29.7 Å². The number of rotatable bonds is 8. The standard InChI is InChI=1S/C39H43FN4O/c1-25(2)29-22-32(26(3)4)36(33(23-29)27(5)6)37(45)43-21-20-39(42-41-31-18-16-30(40)17-19-31)34-14-10-11-15-35(34)44(38(39)43)24-28-12-8-7-9-13-28/h7-19,22-23,25-27,38H,20-21,24H2,1-6H3/t38-,39-/m0/s1. The Kier molecular flexibility index (Phi) is 8.34. The molecule has 2 atom stereocenters. The predicted octanol–water partition coefficient (Wildman–Crippen LogP) is 10.1. The van der Waals surface area contributed by atoms with Crippen molar-refractivity contribution in [3.63, 3.8) is 0 Å². The maximum Gasteiger partial charge on any atom is 0.256 e. The second kappa shape index (κ2) is 12.2. The van der Waals surface area contributed by atoms with Gasteiger partial charge in [0, 0.05) is 36.3 Å². The van der Waals surface area contributed by atoms with Crippen LogP contribution in [0.4, 0.5) is 15.8 Å². The van der Waals surface area contributed by atoms with E-state index in [0.717, 1.165) is 33.5 Å². The lowest BCUT2D eigenvalue weighted by molar-refractivity contribution is 0.0706. The highest BCUT2D eigenvalue weighted by Crippen LogP contribution is 2.54. The Labute approximate surface area is 266 Å². The number of hydrogen-bond donors (Lipinski definition) is 0. The number of anilines is 1. The summed E-state index contributed by atoms with van der Waals surface area (Å²) in [5.74, 6) is 0.473. The highest BCUT2D eigenvalue weighted by Gasteiger charge is 2.59. The number of fused-ring (bicyclic) bond motifs is 3. The summed E-state index contributed by atoms with van der Waals surface area (Å²) >= 11 is 0. The first kappa shape index (κ1) is 30.7. The van der Waals surface area contributed by atoms with E-state index in [0.29, 0.717) is 31.1 Å². The number of carbonyl (C=O) groups excluding carboxylic acids is 1. The molecule has 0 spiro atoms. The highest BCUT2D eigenvalue weighted by molar-refractivity contribution is 5.99. The van der Waals surface area contributed by atoms with E-state index in [2.05, 4.69) is 105 Å². The SMILES string of the molecule is CC(C)c1cc(C(C)C)c(C(=O)N2CC[C@]3(N=Nc4ccc(F)cc4)c4ccccc4N(Cc4ccccc4)[C@H]23)c(C(C)C)c1. The van der Waals surface area contributed by atoms with Crippen LogP contribution in [0, 0.1) is 5.82 Å². The van der Waals surface area contributed by atoms with E-state index >= 15 is 4.79 Å². The Bertz CT molecular complexity index is 1680. The second-order valence-corrected chi connectivity index (χ2v) is 13.4. The number of azo groups is 1. The molecule has 4 aromatic carbocycles. The predicted molar refractivity (Wildman–Crippen MR) is 180 cm³/mol. The second-order valence-electron chi connectivity index (χ2n) is 13.4. The van der Waals surface area contributed by atoms with Crippen LogP contribution in [0.2, 0.25) is 0 Å². The van der Waals surface area contributed by atoms with Crippen molar-refractivity contribution in [2.45, 2.75) is 84.0 Å².